The minimum atomic E-state index is -0.743. The Kier molecular flexibility index (Phi) is 9.12. The van der Waals surface area contributed by atoms with E-state index in [1.807, 2.05) is 12.3 Å². The van der Waals surface area contributed by atoms with Gasteiger partial charge in [0.2, 0.25) is 0 Å². The first-order chi connectivity index (χ1) is 21.4. The fourth-order valence-electron chi connectivity index (χ4n) is 6.54. The van der Waals surface area contributed by atoms with E-state index in [9.17, 15) is 0 Å². The molecule has 1 saturated carbocycles. The van der Waals surface area contributed by atoms with E-state index >= 15 is 8.78 Å². The van der Waals surface area contributed by atoms with Crippen LogP contribution in [0.25, 0.3) is 16.8 Å². The van der Waals surface area contributed by atoms with Gasteiger partial charge in [-0.15, -0.1) is 0 Å². The Morgan fingerprint density at radius 1 is 1.11 bits per heavy atom. The summed E-state index contributed by atoms with van der Waals surface area (Å²) in [5.41, 5.74) is 9.35. The van der Waals surface area contributed by atoms with Crippen molar-refractivity contribution in [3.05, 3.63) is 77.5 Å². The van der Waals surface area contributed by atoms with Crippen LogP contribution in [0, 0.1) is 28.9 Å². The molecule has 0 radical (unpaired) electrons. The van der Waals surface area contributed by atoms with E-state index in [1.165, 1.54) is 12.1 Å². The van der Waals surface area contributed by atoms with Crippen LogP contribution in [0.2, 0.25) is 0 Å². The topological polar surface area (TPSA) is 121 Å². The molecule has 11 heteroatoms. The summed E-state index contributed by atoms with van der Waals surface area (Å²) in [5.74, 6) is -0.282. The van der Waals surface area contributed by atoms with Crippen LogP contribution in [0.3, 0.4) is 0 Å². The molecule has 0 unspecified atom stereocenters. The fraction of sp³-hybridized carbons (Fsp3) is 0.455. The van der Waals surface area contributed by atoms with Gasteiger partial charge in [0.15, 0.2) is 0 Å². The smallest absolute Gasteiger partial charge is 0.139 e. The van der Waals surface area contributed by atoms with Crippen molar-refractivity contribution < 1.29 is 23.0 Å². The number of nitriles is 1. The number of hydrogen-bond acceptors (Lipinski definition) is 8. The number of fused-ring (bicyclic) bond motifs is 1. The van der Waals surface area contributed by atoms with Crippen molar-refractivity contribution in [2.75, 3.05) is 19.8 Å². The maximum absolute atomic E-state index is 15.3. The molecular formula is C33H36F2N6O3. The predicted octanol–water partition coefficient (Wildman–Crippen LogP) is 5.36. The second kappa shape index (κ2) is 13.3. The van der Waals surface area contributed by atoms with Gasteiger partial charge in [0.25, 0.3) is 0 Å². The van der Waals surface area contributed by atoms with Crippen LogP contribution in [0.15, 0.2) is 48.9 Å². The first kappa shape index (κ1) is 30.1. The molecule has 0 amide bonds. The molecular weight excluding hydrogens is 566 g/mol. The van der Waals surface area contributed by atoms with Crippen molar-refractivity contribution >= 4 is 5.52 Å². The summed E-state index contributed by atoms with van der Waals surface area (Å²) < 4.78 is 49.4. The first-order valence-electron chi connectivity index (χ1n) is 15.2. The number of nitrogens with two attached hydrogens (primary N) is 1. The van der Waals surface area contributed by atoms with Crippen molar-refractivity contribution in [2.45, 2.75) is 69.6 Å². The largest absolute Gasteiger partial charge is 0.490 e. The second-order valence-corrected chi connectivity index (χ2v) is 11.7. The molecule has 0 bridgehead atoms. The maximum atomic E-state index is 15.3. The van der Waals surface area contributed by atoms with Gasteiger partial charge in [0.05, 0.1) is 61.4 Å². The Labute approximate surface area is 255 Å². The lowest BCUT2D eigenvalue weighted by Gasteiger charge is -2.39. The van der Waals surface area contributed by atoms with Crippen molar-refractivity contribution in [2.24, 2.45) is 11.7 Å². The lowest BCUT2D eigenvalue weighted by molar-refractivity contribution is -0.0199. The van der Waals surface area contributed by atoms with Crippen LogP contribution in [-0.2, 0) is 15.9 Å². The van der Waals surface area contributed by atoms with E-state index in [4.69, 9.17) is 25.2 Å². The van der Waals surface area contributed by atoms with E-state index in [0.717, 1.165) is 24.0 Å². The maximum Gasteiger partial charge on any atom is 0.139 e. The lowest BCUT2D eigenvalue weighted by Crippen LogP contribution is -2.46. The molecule has 3 aromatic heterocycles. The first-order valence-corrected chi connectivity index (χ1v) is 15.2. The highest BCUT2D eigenvalue weighted by atomic mass is 19.1. The van der Waals surface area contributed by atoms with Gasteiger partial charge in [-0.1, -0.05) is 6.92 Å². The second-order valence-electron chi connectivity index (χ2n) is 11.7. The highest BCUT2D eigenvalue weighted by Crippen LogP contribution is 2.39. The number of aromatic nitrogens is 4. The molecule has 230 valence electrons. The van der Waals surface area contributed by atoms with E-state index in [2.05, 4.69) is 28.1 Å². The Morgan fingerprint density at radius 2 is 1.91 bits per heavy atom. The molecule has 1 aliphatic heterocycles. The average molecular weight is 603 g/mol. The van der Waals surface area contributed by atoms with Crippen LogP contribution in [-0.4, -0.2) is 57.7 Å². The van der Waals surface area contributed by atoms with Gasteiger partial charge in [0, 0.05) is 49.8 Å². The Morgan fingerprint density at radius 3 is 2.66 bits per heavy atom. The van der Waals surface area contributed by atoms with Crippen LogP contribution in [0.5, 0.6) is 5.75 Å². The summed E-state index contributed by atoms with van der Waals surface area (Å²) in [6.07, 6.45) is 8.85. The van der Waals surface area contributed by atoms with Gasteiger partial charge in [-0.3, -0.25) is 4.98 Å². The predicted molar refractivity (Wildman–Crippen MR) is 159 cm³/mol. The minimum Gasteiger partial charge on any atom is -0.490 e. The third kappa shape index (κ3) is 6.43. The number of rotatable bonds is 9. The zero-order valence-corrected chi connectivity index (χ0v) is 24.7. The molecule has 44 heavy (non-hydrogen) atoms. The molecule has 6 rings (SSSR count). The normalized spacial score (nSPS) is 22.6. The van der Waals surface area contributed by atoms with Crippen molar-refractivity contribution in [1.29, 1.82) is 5.26 Å². The summed E-state index contributed by atoms with van der Waals surface area (Å²) in [6, 6.07) is 9.76. The van der Waals surface area contributed by atoms with Gasteiger partial charge >= 0.3 is 0 Å². The summed E-state index contributed by atoms with van der Waals surface area (Å²) in [7, 11) is 0. The lowest BCUT2D eigenvalue weighted by atomic mass is 9.73. The summed E-state index contributed by atoms with van der Waals surface area (Å²) in [6.45, 7) is 3.66. The monoisotopic (exact) mass is 602 g/mol. The minimum absolute atomic E-state index is 0.0907. The van der Waals surface area contributed by atoms with Crippen molar-refractivity contribution in [3.8, 4) is 23.1 Å². The molecule has 2 aliphatic rings. The highest BCUT2D eigenvalue weighted by molar-refractivity contribution is 5.64. The third-order valence-corrected chi connectivity index (χ3v) is 8.65. The number of halogens is 2. The number of nitrogens with zero attached hydrogens (tertiary/aromatic N) is 5. The standard InChI is InChI=1S/C33H36F2N6O3/c1-20-13-21(14-29(37)33(20)43-10-2-8-36)26-5-9-38-18-22(26)15-31-39-19-23-3-4-30(40-41(23)31)32-27(34)16-25(17-28(32)35)44-24-6-11-42-12-7-24/h3-5,9,16-21,24,29,33H,2,6-7,10-15,37H2,1H3/t20-,21+,29+,33-/m0/s1. The highest BCUT2D eigenvalue weighted by Gasteiger charge is 2.35. The molecule has 2 N–H and O–H groups in total. The van der Waals surface area contributed by atoms with Crippen molar-refractivity contribution in [3.63, 3.8) is 0 Å². The van der Waals surface area contributed by atoms with Gasteiger partial charge in [-0.2, -0.15) is 10.4 Å². The van der Waals surface area contributed by atoms with Crippen LogP contribution < -0.4 is 10.5 Å². The molecule has 2 fully saturated rings. The van der Waals surface area contributed by atoms with Crippen LogP contribution in [0.1, 0.15) is 61.9 Å². The summed E-state index contributed by atoms with van der Waals surface area (Å²) >= 11 is 0. The molecule has 1 saturated heterocycles. The Hall–Kier alpha value is -3.98. The summed E-state index contributed by atoms with van der Waals surface area (Å²) in [5, 5.41) is 13.5. The molecule has 4 heterocycles. The number of pyridine rings is 1. The Bertz CT molecular complexity index is 1620. The zero-order valence-electron chi connectivity index (χ0n) is 24.7. The van der Waals surface area contributed by atoms with Crippen LogP contribution in [0.4, 0.5) is 8.78 Å². The quantitative estimate of drug-likeness (QED) is 0.254. The molecule has 1 aliphatic carbocycles. The van der Waals surface area contributed by atoms with Gasteiger partial charge in [-0.25, -0.2) is 18.3 Å². The van der Waals surface area contributed by atoms with E-state index in [-0.39, 0.29) is 47.1 Å². The molecule has 4 aromatic rings. The number of hydrogen-bond donors (Lipinski definition) is 1. The van der Waals surface area contributed by atoms with Crippen molar-refractivity contribution in [1.82, 2.24) is 19.6 Å². The summed E-state index contributed by atoms with van der Waals surface area (Å²) in [4.78, 5) is 8.98. The zero-order chi connectivity index (χ0) is 30.6. The number of benzene rings is 1. The van der Waals surface area contributed by atoms with Gasteiger partial charge in [0.1, 0.15) is 29.3 Å². The molecule has 4 atom stereocenters. The van der Waals surface area contributed by atoms with Gasteiger partial charge in [-0.05, 0) is 54.0 Å². The Balaban J connectivity index is 1.23. The number of ether oxygens (including phenoxy) is 3. The SMILES string of the molecule is C[C@H]1C[C@@H](c2ccncc2Cc2ncc3ccc(-c4c(F)cc(OC5CCOCC5)cc4F)nn23)C[C@@H](N)[C@H]1OCCC#N. The third-order valence-electron chi connectivity index (χ3n) is 8.65. The molecule has 1 aromatic carbocycles. The average Bonchev–Trinajstić information content (AvgIpc) is 3.41. The van der Waals surface area contributed by atoms with Crippen LogP contribution >= 0.6 is 0 Å². The van der Waals surface area contributed by atoms with E-state index in [0.29, 0.717) is 56.8 Å². The molecule has 0 spiro atoms. The van der Waals surface area contributed by atoms with E-state index < -0.39 is 11.6 Å². The van der Waals surface area contributed by atoms with Gasteiger partial charge < -0.3 is 19.9 Å². The molecule has 9 nitrogen and oxygen atoms in total. The fourth-order valence-corrected chi connectivity index (χ4v) is 6.54. The van der Waals surface area contributed by atoms with E-state index in [1.54, 1.807) is 29.0 Å². The number of imidazole rings is 1.